The molecule has 0 aromatic heterocycles. The molecule has 4 heteroatoms. The van der Waals surface area contributed by atoms with Crippen LogP contribution >= 0.6 is 10.8 Å². The molecule has 0 atom stereocenters. The molecule has 0 saturated carbocycles. The van der Waals surface area contributed by atoms with E-state index in [4.69, 9.17) is 0 Å². The van der Waals surface area contributed by atoms with Crippen LogP contribution in [0.3, 0.4) is 0 Å². The van der Waals surface area contributed by atoms with E-state index in [2.05, 4.69) is 0 Å². The highest BCUT2D eigenvalue weighted by Gasteiger charge is 1.97. The van der Waals surface area contributed by atoms with Gasteiger partial charge in [-0.1, -0.05) is 6.08 Å². The Kier molecular flexibility index (Phi) is 3.16. The van der Waals surface area contributed by atoms with Crippen molar-refractivity contribution in [2.45, 2.75) is 6.92 Å². The third-order valence-electron chi connectivity index (χ3n) is 0.535. The lowest BCUT2D eigenvalue weighted by molar-refractivity contribution is 0.618. The Morgan fingerprint density at radius 1 is 1.50 bits per heavy atom. The second-order valence-corrected chi connectivity index (χ2v) is 5.11. The molecule has 0 bridgehead atoms. The molecule has 0 amide bonds. The van der Waals surface area contributed by atoms with Crippen molar-refractivity contribution < 1.29 is 8.42 Å². The Morgan fingerprint density at radius 2 is 2.00 bits per heavy atom. The van der Waals surface area contributed by atoms with Crippen molar-refractivity contribution in [1.82, 2.24) is 0 Å². The largest absolute Gasteiger partial charge is 0.222 e. The van der Waals surface area contributed by atoms with Gasteiger partial charge in [-0.05, 0) is 24.0 Å². The van der Waals surface area contributed by atoms with Gasteiger partial charge in [-0.15, -0.1) is 0 Å². The zero-order chi connectivity index (χ0) is 6.62. The molecule has 0 saturated heterocycles. The molecule has 0 aromatic carbocycles. The van der Waals surface area contributed by atoms with E-state index in [1.165, 1.54) is 17.7 Å². The van der Waals surface area contributed by atoms with E-state index in [0.717, 1.165) is 10.8 Å². The minimum absolute atomic E-state index is 0.837. The van der Waals surface area contributed by atoms with E-state index in [9.17, 15) is 8.42 Å². The van der Waals surface area contributed by atoms with Gasteiger partial charge in [0.15, 0.2) is 0 Å². The molecule has 0 radical (unpaired) electrons. The number of hydrogen-bond acceptors (Lipinski definition) is 3. The third kappa shape index (κ3) is 3.10. The van der Waals surface area contributed by atoms with Crippen LogP contribution < -0.4 is 0 Å². The molecule has 0 aliphatic rings. The van der Waals surface area contributed by atoms with Crippen molar-refractivity contribution in [3.63, 3.8) is 0 Å². The molecule has 0 aliphatic carbocycles. The highest BCUT2D eigenvalue weighted by atomic mass is 33.1. The predicted molar refractivity (Wildman–Crippen MR) is 37.2 cm³/mol. The topological polar surface area (TPSA) is 34.1 Å². The minimum atomic E-state index is -2.93. The summed E-state index contributed by atoms with van der Waals surface area (Å²) >= 11 is 0. The van der Waals surface area contributed by atoms with E-state index in [0.29, 0.717) is 0 Å². The first-order valence-corrected chi connectivity index (χ1v) is 5.34. The Morgan fingerprint density at radius 3 is 2.12 bits per heavy atom. The highest BCUT2D eigenvalue weighted by Crippen LogP contribution is 2.07. The molecule has 0 rings (SSSR count). The van der Waals surface area contributed by atoms with Crippen molar-refractivity contribution in [3.8, 4) is 0 Å². The fraction of sp³-hybridized carbons (Fsp3) is 0.500. The van der Waals surface area contributed by atoms with E-state index < -0.39 is 8.87 Å². The summed E-state index contributed by atoms with van der Waals surface area (Å²) in [5, 5.41) is 1.18. The quantitative estimate of drug-likeness (QED) is 0.558. The molecule has 2 nitrogen and oxygen atoms in total. The fourth-order valence-corrected chi connectivity index (χ4v) is 1.33. The maximum atomic E-state index is 10.5. The van der Waals surface area contributed by atoms with Crippen molar-refractivity contribution in [3.05, 3.63) is 11.5 Å². The van der Waals surface area contributed by atoms with Crippen molar-refractivity contribution >= 4 is 19.7 Å². The lowest BCUT2D eigenvalue weighted by Crippen LogP contribution is -1.82. The molecule has 0 N–H and O–H groups in total. The molecular formula is C4H8O2S2. The number of hydrogen-bond donors (Lipinski definition) is 0. The molecule has 0 spiro atoms. The molecule has 0 aromatic rings. The third-order valence-corrected chi connectivity index (χ3v) is 3.33. The lowest BCUT2D eigenvalue weighted by atomic mass is 10.8. The van der Waals surface area contributed by atoms with Gasteiger partial charge < -0.3 is 0 Å². The van der Waals surface area contributed by atoms with Gasteiger partial charge in [0.25, 0.3) is 0 Å². The van der Waals surface area contributed by atoms with Gasteiger partial charge in [-0.2, -0.15) is 0 Å². The zero-order valence-corrected chi connectivity index (χ0v) is 6.42. The summed E-state index contributed by atoms with van der Waals surface area (Å²) in [6.07, 6.45) is 3.04. The summed E-state index contributed by atoms with van der Waals surface area (Å²) in [4.78, 5) is 0. The zero-order valence-electron chi connectivity index (χ0n) is 4.79. The van der Waals surface area contributed by atoms with Gasteiger partial charge in [-0.25, -0.2) is 8.42 Å². The second-order valence-electron chi connectivity index (χ2n) is 1.13. The van der Waals surface area contributed by atoms with E-state index in [-0.39, 0.29) is 0 Å². The average Bonchev–Trinajstić information content (AvgIpc) is 1.67. The van der Waals surface area contributed by atoms with Crippen molar-refractivity contribution in [2.75, 3.05) is 6.26 Å². The highest BCUT2D eigenvalue weighted by molar-refractivity contribution is 8.72. The molecule has 48 valence electrons. The Hall–Kier alpha value is 0.0400. The van der Waals surface area contributed by atoms with Crippen LogP contribution in [-0.4, -0.2) is 14.7 Å². The first-order valence-electron chi connectivity index (χ1n) is 2.05. The normalized spacial score (nSPS) is 12.8. The van der Waals surface area contributed by atoms with Crippen LogP contribution in [0.4, 0.5) is 0 Å². The van der Waals surface area contributed by atoms with E-state index in [1.807, 2.05) is 0 Å². The van der Waals surface area contributed by atoms with Crippen LogP contribution in [0, 0.1) is 0 Å². The Bertz CT molecular complexity index is 166. The summed E-state index contributed by atoms with van der Waals surface area (Å²) in [5.41, 5.74) is 0. The van der Waals surface area contributed by atoms with Gasteiger partial charge in [0.1, 0.15) is 0 Å². The van der Waals surface area contributed by atoms with Crippen LogP contribution in [0.5, 0.6) is 0 Å². The summed E-state index contributed by atoms with van der Waals surface area (Å²) in [6.45, 7) is 1.67. The maximum absolute atomic E-state index is 10.5. The molecule has 0 fully saturated rings. The fourth-order valence-electron chi connectivity index (χ4n) is 0.222. The van der Waals surface area contributed by atoms with E-state index in [1.54, 1.807) is 6.92 Å². The van der Waals surface area contributed by atoms with Gasteiger partial charge in [-0.3, -0.25) is 0 Å². The van der Waals surface area contributed by atoms with Gasteiger partial charge >= 0.3 is 0 Å². The smallest absolute Gasteiger partial charge is 0.213 e. The van der Waals surface area contributed by atoms with Crippen LogP contribution in [0.1, 0.15) is 6.92 Å². The van der Waals surface area contributed by atoms with E-state index >= 15 is 0 Å². The van der Waals surface area contributed by atoms with Crippen LogP contribution in [-0.2, 0) is 8.87 Å². The van der Waals surface area contributed by atoms with Crippen LogP contribution in [0.15, 0.2) is 11.5 Å². The first kappa shape index (κ1) is 8.04. The molecule has 8 heavy (non-hydrogen) atoms. The van der Waals surface area contributed by atoms with Crippen molar-refractivity contribution in [2.24, 2.45) is 0 Å². The van der Waals surface area contributed by atoms with Gasteiger partial charge in [0, 0.05) is 5.41 Å². The van der Waals surface area contributed by atoms with Crippen LogP contribution in [0.2, 0.25) is 0 Å². The second kappa shape index (κ2) is 3.14. The molecule has 0 unspecified atom stereocenters. The monoisotopic (exact) mass is 152 g/mol. The number of rotatable bonds is 2. The average molecular weight is 152 g/mol. The SMILES string of the molecule is C/C=C\S(=O)(=O)SC. The maximum Gasteiger partial charge on any atom is 0.222 e. The summed E-state index contributed by atoms with van der Waals surface area (Å²) in [7, 11) is -2.10. The molecular weight excluding hydrogens is 144 g/mol. The predicted octanol–water partition coefficient (Wildman–Crippen LogP) is 1.21. The summed E-state index contributed by atoms with van der Waals surface area (Å²) in [5.74, 6) is 0. The summed E-state index contributed by atoms with van der Waals surface area (Å²) in [6, 6.07) is 0. The Labute approximate surface area is 53.3 Å². The standard InChI is InChI=1S/C4H8O2S2/c1-3-4-8(5,6)7-2/h3-4H,1-2H3/b4-3-. The van der Waals surface area contributed by atoms with Crippen LogP contribution in [0.25, 0.3) is 0 Å². The Balaban J connectivity index is 4.17. The lowest BCUT2D eigenvalue weighted by Gasteiger charge is -1.85. The van der Waals surface area contributed by atoms with Gasteiger partial charge in [0.2, 0.25) is 8.87 Å². The number of allylic oxidation sites excluding steroid dienone is 1. The molecule has 0 heterocycles. The molecule has 0 aliphatic heterocycles. The van der Waals surface area contributed by atoms with Crippen molar-refractivity contribution in [1.29, 1.82) is 0 Å². The summed E-state index contributed by atoms with van der Waals surface area (Å²) < 4.78 is 21.0. The minimum Gasteiger partial charge on any atom is -0.213 e. The first-order chi connectivity index (χ1) is 3.62. The van der Waals surface area contributed by atoms with Gasteiger partial charge in [0.05, 0.1) is 0 Å².